The van der Waals surface area contributed by atoms with Gasteiger partial charge in [-0.25, -0.2) is 0 Å². The largest absolute Gasteiger partial charge is 0.369 e. The van der Waals surface area contributed by atoms with Crippen molar-refractivity contribution in [2.75, 3.05) is 6.54 Å². The molecule has 2 saturated carbocycles. The fraction of sp³-hybridized carbons (Fsp3) is 0.917. The third-order valence-electron chi connectivity index (χ3n) is 4.10. The van der Waals surface area contributed by atoms with Crippen molar-refractivity contribution < 1.29 is 0 Å². The molecule has 3 heteroatoms. The Labute approximate surface area is 91.5 Å². The zero-order chi connectivity index (χ0) is 10.3. The maximum Gasteiger partial charge on any atom is 0.100 e. The summed E-state index contributed by atoms with van der Waals surface area (Å²) in [4.78, 5) is 4.84. The Hall–Kier alpha value is -0.570. The van der Waals surface area contributed by atoms with Gasteiger partial charge in [-0.15, -0.1) is 0 Å². The van der Waals surface area contributed by atoms with Crippen molar-refractivity contribution in [2.45, 2.75) is 50.6 Å². The number of hydrogen-bond donors (Lipinski definition) is 2. The zero-order valence-electron chi connectivity index (χ0n) is 9.28. The lowest BCUT2D eigenvalue weighted by Crippen LogP contribution is -2.40. The average Bonchev–Trinajstić information content (AvgIpc) is 2.99. The number of nitrogens with one attached hydrogen (secondary N) is 1. The minimum atomic E-state index is 0.592. The number of amidine groups is 1. The van der Waals surface area contributed by atoms with Gasteiger partial charge in [-0.05, 0) is 51.0 Å². The Kier molecular flexibility index (Phi) is 2.43. The first-order chi connectivity index (χ1) is 7.36. The van der Waals surface area contributed by atoms with E-state index in [2.05, 4.69) is 5.32 Å². The van der Waals surface area contributed by atoms with Gasteiger partial charge in [-0.3, -0.25) is 4.99 Å². The lowest BCUT2D eigenvalue weighted by Gasteiger charge is -2.30. The van der Waals surface area contributed by atoms with Crippen molar-refractivity contribution >= 4 is 5.84 Å². The molecular formula is C12H21N3. The highest BCUT2D eigenvalue weighted by atomic mass is 15.1. The molecule has 0 aromatic rings. The van der Waals surface area contributed by atoms with Crippen molar-refractivity contribution in [2.24, 2.45) is 22.6 Å². The summed E-state index contributed by atoms with van der Waals surface area (Å²) in [5.74, 6) is 2.97. The summed E-state index contributed by atoms with van der Waals surface area (Å²) in [5, 5.41) is 3.65. The second-order valence-electron chi connectivity index (χ2n) is 5.36. The quantitative estimate of drug-likeness (QED) is 0.732. The third-order valence-corrected chi connectivity index (χ3v) is 4.10. The molecule has 0 aromatic carbocycles. The van der Waals surface area contributed by atoms with Gasteiger partial charge in [0.05, 0.1) is 6.04 Å². The minimum Gasteiger partial charge on any atom is -0.369 e. The normalized spacial score (nSPS) is 39.5. The van der Waals surface area contributed by atoms with Gasteiger partial charge in [0.1, 0.15) is 5.84 Å². The molecule has 3 nitrogen and oxygen atoms in total. The Morgan fingerprint density at radius 1 is 1.27 bits per heavy atom. The summed E-state index contributed by atoms with van der Waals surface area (Å²) in [5.41, 5.74) is 5.63. The SMILES string of the molecule is NCCC1CCC2N=C(C3CC3)NC2C1. The monoisotopic (exact) mass is 207 g/mol. The fourth-order valence-electron chi connectivity index (χ4n) is 3.04. The van der Waals surface area contributed by atoms with E-state index >= 15 is 0 Å². The second-order valence-corrected chi connectivity index (χ2v) is 5.36. The van der Waals surface area contributed by atoms with Crippen molar-refractivity contribution in [3.05, 3.63) is 0 Å². The molecule has 0 radical (unpaired) electrons. The van der Waals surface area contributed by atoms with Crippen molar-refractivity contribution in [3.8, 4) is 0 Å². The van der Waals surface area contributed by atoms with E-state index < -0.39 is 0 Å². The number of rotatable bonds is 3. The molecule has 3 unspecified atom stereocenters. The van der Waals surface area contributed by atoms with Crippen LogP contribution in [-0.4, -0.2) is 24.5 Å². The highest BCUT2D eigenvalue weighted by Crippen LogP contribution is 2.36. The van der Waals surface area contributed by atoms with Gasteiger partial charge in [-0.1, -0.05) is 0 Å². The van der Waals surface area contributed by atoms with E-state index in [1.165, 1.54) is 44.4 Å². The van der Waals surface area contributed by atoms with E-state index in [1.807, 2.05) is 0 Å². The Balaban J connectivity index is 1.60. The van der Waals surface area contributed by atoms with E-state index in [9.17, 15) is 0 Å². The average molecular weight is 207 g/mol. The van der Waals surface area contributed by atoms with E-state index in [0.29, 0.717) is 12.1 Å². The molecule has 0 aromatic heterocycles. The van der Waals surface area contributed by atoms with Gasteiger partial charge in [0.25, 0.3) is 0 Å². The smallest absolute Gasteiger partial charge is 0.100 e. The molecule has 0 bridgehead atoms. The lowest BCUT2D eigenvalue weighted by atomic mass is 9.81. The van der Waals surface area contributed by atoms with E-state index in [-0.39, 0.29) is 0 Å². The molecule has 0 spiro atoms. The standard InChI is InChI=1S/C12H21N3/c13-6-5-8-1-4-10-11(7-8)15-12(14-10)9-2-3-9/h8-11H,1-7,13H2,(H,14,15). The molecule has 2 aliphatic carbocycles. The predicted octanol–water partition coefficient (Wildman–Crippen LogP) is 1.28. The van der Waals surface area contributed by atoms with Gasteiger partial charge < -0.3 is 11.1 Å². The number of hydrogen-bond acceptors (Lipinski definition) is 3. The van der Waals surface area contributed by atoms with Crippen LogP contribution in [0.2, 0.25) is 0 Å². The van der Waals surface area contributed by atoms with Gasteiger partial charge in [0.2, 0.25) is 0 Å². The zero-order valence-corrected chi connectivity index (χ0v) is 9.28. The number of fused-ring (bicyclic) bond motifs is 1. The van der Waals surface area contributed by atoms with Crippen molar-refractivity contribution in [1.29, 1.82) is 0 Å². The van der Waals surface area contributed by atoms with Gasteiger partial charge in [0.15, 0.2) is 0 Å². The van der Waals surface area contributed by atoms with Crippen LogP contribution in [0.25, 0.3) is 0 Å². The van der Waals surface area contributed by atoms with Gasteiger partial charge in [0, 0.05) is 12.0 Å². The molecule has 0 amide bonds. The van der Waals surface area contributed by atoms with Crippen LogP contribution in [0.3, 0.4) is 0 Å². The Morgan fingerprint density at radius 3 is 2.87 bits per heavy atom. The molecular weight excluding hydrogens is 186 g/mol. The van der Waals surface area contributed by atoms with E-state index in [1.54, 1.807) is 0 Å². The molecule has 3 atom stereocenters. The maximum absolute atomic E-state index is 5.63. The first kappa shape index (κ1) is 9.64. The van der Waals surface area contributed by atoms with E-state index in [0.717, 1.165) is 18.4 Å². The summed E-state index contributed by atoms with van der Waals surface area (Å²) >= 11 is 0. The molecule has 1 heterocycles. The first-order valence-corrected chi connectivity index (χ1v) is 6.41. The van der Waals surface area contributed by atoms with Crippen LogP contribution in [0.4, 0.5) is 0 Å². The number of nitrogens with two attached hydrogens (primary N) is 1. The van der Waals surface area contributed by atoms with Crippen LogP contribution in [0.5, 0.6) is 0 Å². The highest BCUT2D eigenvalue weighted by molar-refractivity contribution is 5.88. The fourth-order valence-corrected chi connectivity index (χ4v) is 3.04. The number of aliphatic imine (C=N–C) groups is 1. The topological polar surface area (TPSA) is 50.4 Å². The second kappa shape index (κ2) is 3.78. The van der Waals surface area contributed by atoms with Crippen LogP contribution in [0, 0.1) is 11.8 Å². The van der Waals surface area contributed by atoms with Crippen LogP contribution in [0.1, 0.15) is 38.5 Å². The predicted molar refractivity (Wildman–Crippen MR) is 61.9 cm³/mol. The summed E-state index contributed by atoms with van der Waals surface area (Å²) in [6, 6.07) is 1.24. The highest BCUT2D eigenvalue weighted by Gasteiger charge is 2.39. The molecule has 3 aliphatic rings. The molecule has 0 saturated heterocycles. The first-order valence-electron chi connectivity index (χ1n) is 6.41. The van der Waals surface area contributed by atoms with Gasteiger partial charge >= 0.3 is 0 Å². The molecule has 1 aliphatic heterocycles. The molecule has 84 valence electrons. The summed E-state index contributed by atoms with van der Waals surface area (Å²) in [6.07, 6.45) is 7.82. The third kappa shape index (κ3) is 1.89. The Morgan fingerprint density at radius 2 is 2.13 bits per heavy atom. The minimum absolute atomic E-state index is 0.592. The lowest BCUT2D eigenvalue weighted by molar-refractivity contribution is 0.279. The van der Waals surface area contributed by atoms with Crippen molar-refractivity contribution in [3.63, 3.8) is 0 Å². The van der Waals surface area contributed by atoms with Crippen molar-refractivity contribution in [1.82, 2.24) is 5.32 Å². The van der Waals surface area contributed by atoms with E-state index in [4.69, 9.17) is 10.7 Å². The summed E-state index contributed by atoms with van der Waals surface area (Å²) in [6.45, 7) is 0.846. The molecule has 3 N–H and O–H groups in total. The maximum atomic E-state index is 5.63. The van der Waals surface area contributed by atoms with Crippen LogP contribution >= 0.6 is 0 Å². The van der Waals surface area contributed by atoms with Crippen LogP contribution < -0.4 is 11.1 Å². The van der Waals surface area contributed by atoms with Crippen LogP contribution in [-0.2, 0) is 0 Å². The molecule has 3 rings (SSSR count). The number of nitrogens with zero attached hydrogens (tertiary/aromatic N) is 1. The van der Waals surface area contributed by atoms with Gasteiger partial charge in [-0.2, -0.15) is 0 Å². The Bertz CT molecular complexity index is 270. The molecule has 15 heavy (non-hydrogen) atoms. The summed E-state index contributed by atoms with van der Waals surface area (Å²) < 4.78 is 0. The van der Waals surface area contributed by atoms with Crippen LogP contribution in [0.15, 0.2) is 4.99 Å². The molecule has 2 fully saturated rings. The summed E-state index contributed by atoms with van der Waals surface area (Å²) in [7, 11) is 0.